The SMILES string of the molecule is C=C=CN(Cc1ccccc1)C(=O)OC. The summed E-state index contributed by atoms with van der Waals surface area (Å²) in [5, 5.41) is 0. The zero-order chi connectivity index (χ0) is 11.1. The standard InChI is InChI=1S/C12H13NO2/c1-3-9-13(12(14)15-2)10-11-7-5-4-6-8-11/h4-9H,1,10H2,2H3. The minimum Gasteiger partial charge on any atom is -0.452 e. The highest BCUT2D eigenvalue weighted by molar-refractivity contribution is 5.68. The maximum absolute atomic E-state index is 11.3. The highest BCUT2D eigenvalue weighted by Crippen LogP contribution is 2.05. The van der Waals surface area contributed by atoms with Gasteiger partial charge in [0.1, 0.15) is 0 Å². The molecule has 0 spiro atoms. The molecule has 0 aliphatic carbocycles. The Balaban J connectivity index is 2.75. The monoisotopic (exact) mass is 203 g/mol. The molecule has 0 heterocycles. The van der Waals surface area contributed by atoms with Gasteiger partial charge >= 0.3 is 6.09 Å². The predicted molar refractivity (Wildman–Crippen MR) is 58.1 cm³/mol. The third-order valence-corrected chi connectivity index (χ3v) is 1.85. The second-order valence-electron chi connectivity index (χ2n) is 2.92. The maximum atomic E-state index is 11.3. The van der Waals surface area contributed by atoms with Gasteiger partial charge in [-0.25, -0.2) is 4.79 Å². The fourth-order valence-corrected chi connectivity index (χ4v) is 1.17. The highest BCUT2D eigenvalue weighted by atomic mass is 16.5. The fraction of sp³-hybridized carbons (Fsp3) is 0.167. The van der Waals surface area contributed by atoms with Crippen LogP contribution in [0.4, 0.5) is 4.79 Å². The molecule has 15 heavy (non-hydrogen) atoms. The van der Waals surface area contributed by atoms with E-state index in [1.54, 1.807) is 0 Å². The quantitative estimate of drug-likeness (QED) is 0.706. The summed E-state index contributed by atoms with van der Waals surface area (Å²) in [4.78, 5) is 12.7. The van der Waals surface area contributed by atoms with Crippen LogP contribution in [0.15, 0.2) is 48.8 Å². The highest BCUT2D eigenvalue weighted by Gasteiger charge is 2.10. The lowest BCUT2D eigenvalue weighted by Gasteiger charge is -2.15. The van der Waals surface area contributed by atoms with Crippen LogP contribution in [-0.2, 0) is 11.3 Å². The van der Waals surface area contributed by atoms with Crippen molar-refractivity contribution in [3.05, 3.63) is 54.4 Å². The smallest absolute Gasteiger partial charge is 0.414 e. The van der Waals surface area contributed by atoms with Crippen molar-refractivity contribution in [2.45, 2.75) is 6.54 Å². The van der Waals surface area contributed by atoms with Gasteiger partial charge < -0.3 is 4.74 Å². The van der Waals surface area contributed by atoms with E-state index < -0.39 is 6.09 Å². The number of carbonyl (C=O) groups excluding carboxylic acids is 1. The molecule has 0 N–H and O–H groups in total. The Kier molecular flexibility index (Phi) is 4.20. The van der Waals surface area contributed by atoms with Crippen LogP contribution in [0, 0.1) is 0 Å². The third-order valence-electron chi connectivity index (χ3n) is 1.85. The van der Waals surface area contributed by atoms with Crippen molar-refractivity contribution in [2.75, 3.05) is 7.11 Å². The number of ether oxygens (including phenoxy) is 1. The molecule has 0 atom stereocenters. The second-order valence-corrected chi connectivity index (χ2v) is 2.92. The first-order valence-electron chi connectivity index (χ1n) is 4.52. The summed E-state index contributed by atoms with van der Waals surface area (Å²) in [6, 6.07) is 9.64. The Morgan fingerprint density at radius 3 is 2.73 bits per heavy atom. The van der Waals surface area contributed by atoms with E-state index in [-0.39, 0.29) is 0 Å². The van der Waals surface area contributed by atoms with Gasteiger partial charge in [0.2, 0.25) is 0 Å². The molecule has 0 aliphatic heterocycles. The molecule has 0 aliphatic rings. The van der Waals surface area contributed by atoms with Crippen molar-refractivity contribution in [1.82, 2.24) is 4.90 Å². The number of hydrogen-bond donors (Lipinski definition) is 0. The number of rotatable bonds is 3. The van der Waals surface area contributed by atoms with E-state index in [0.29, 0.717) is 6.54 Å². The van der Waals surface area contributed by atoms with E-state index in [1.165, 1.54) is 18.2 Å². The topological polar surface area (TPSA) is 29.5 Å². The second kappa shape index (κ2) is 5.68. The Hall–Kier alpha value is -1.99. The van der Waals surface area contributed by atoms with Gasteiger partial charge in [0.05, 0.1) is 19.9 Å². The van der Waals surface area contributed by atoms with Crippen LogP contribution in [0.2, 0.25) is 0 Å². The van der Waals surface area contributed by atoms with Crippen LogP contribution in [0.25, 0.3) is 0 Å². The Morgan fingerprint density at radius 2 is 2.20 bits per heavy atom. The number of hydrogen-bond acceptors (Lipinski definition) is 2. The van der Waals surface area contributed by atoms with E-state index in [4.69, 9.17) is 0 Å². The van der Waals surface area contributed by atoms with Crippen molar-refractivity contribution in [2.24, 2.45) is 0 Å². The Morgan fingerprint density at radius 1 is 1.53 bits per heavy atom. The van der Waals surface area contributed by atoms with Gasteiger partial charge in [0, 0.05) is 0 Å². The minimum atomic E-state index is -0.421. The summed E-state index contributed by atoms with van der Waals surface area (Å²) >= 11 is 0. The first kappa shape index (κ1) is 11.1. The van der Waals surface area contributed by atoms with E-state index in [9.17, 15) is 4.79 Å². The number of amides is 1. The summed E-state index contributed by atoms with van der Waals surface area (Å²) in [6.07, 6.45) is 1.05. The van der Waals surface area contributed by atoms with Crippen LogP contribution in [0.3, 0.4) is 0 Å². The molecule has 1 rings (SSSR count). The summed E-state index contributed by atoms with van der Waals surface area (Å²) in [5.74, 6) is 0. The Labute approximate surface area is 89.3 Å². The summed E-state index contributed by atoms with van der Waals surface area (Å²) in [7, 11) is 1.34. The van der Waals surface area contributed by atoms with Gasteiger partial charge in [0.15, 0.2) is 0 Å². The van der Waals surface area contributed by atoms with Crippen molar-refractivity contribution < 1.29 is 9.53 Å². The zero-order valence-electron chi connectivity index (χ0n) is 8.64. The molecular weight excluding hydrogens is 190 g/mol. The first-order valence-corrected chi connectivity index (χ1v) is 4.52. The normalized spacial score (nSPS) is 8.87. The Bertz CT molecular complexity index is 366. The molecule has 78 valence electrons. The molecule has 3 heteroatoms. The van der Waals surface area contributed by atoms with E-state index in [1.807, 2.05) is 30.3 Å². The van der Waals surface area contributed by atoms with Gasteiger partial charge in [-0.05, 0) is 5.56 Å². The van der Waals surface area contributed by atoms with E-state index in [0.717, 1.165) is 5.56 Å². The first-order chi connectivity index (χ1) is 7.27. The van der Waals surface area contributed by atoms with Gasteiger partial charge in [0.25, 0.3) is 0 Å². The van der Waals surface area contributed by atoms with Crippen LogP contribution in [0.1, 0.15) is 5.56 Å². The lowest BCUT2D eigenvalue weighted by Crippen LogP contribution is -2.24. The average molecular weight is 203 g/mol. The molecule has 0 unspecified atom stereocenters. The zero-order valence-corrected chi connectivity index (χ0v) is 8.64. The molecule has 3 nitrogen and oxygen atoms in total. The molecule has 0 fully saturated rings. The van der Waals surface area contributed by atoms with Crippen LogP contribution in [-0.4, -0.2) is 18.1 Å². The minimum absolute atomic E-state index is 0.421. The van der Waals surface area contributed by atoms with E-state index >= 15 is 0 Å². The lowest BCUT2D eigenvalue weighted by atomic mass is 10.2. The molecule has 0 radical (unpaired) electrons. The van der Waals surface area contributed by atoms with Crippen molar-refractivity contribution in [3.63, 3.8) is 0 Å². The van der Waals surface area contributed by atoms with Crippen LogP contribution < -0.4 is 0 Å². The number of methoxy groups -OCH3 is 1. The van der Waals surface area contributed by atoms with Gasteiger partial charge in [-0.3, -0.25) is 4.90 Å². The molecule has 0 saturated carbocycles. The van der Waals surface area contributed by atoms with Crippen molar-refractivity contribution >= 4 is 6.09 Å². The van der Waals surface area contributed by atoms with Crippen molar-refractivity contribution in [1.29, 1.82) is 0 Å². The number of carbonyl (C=O) groups is 1. The molecule has 0 saturated heterocycles. The number of benzene rings is 1. The average Bonchev–Trinajstić information content (AvgIpc) is 2.29. The van der Waals surface area contributed by atoms with Gasteiger partial charge in [-0.15, -0.1) is 5.73 Å². The molecule has 1 amide bonds. The fourth-order valence-electron chi connectivity index (χ4n) is 1.17. The largest absolute Gasteiger partial charge is 0.452 e. The third kappa shape index (κ3) is 3.33. The van der Waals surface area contributed by atoms with Gasteiger partial charge in [-0.1, -0.05) is 36.9 Å². The van der Waals surface area contributed by atoms with Crippen LogP contribution >= 0.6 is 0 Å². The summed E-state index contributed by atoms with van der Waals surface area (Å²) in [5.41, 5.74) is 3.58. The van der Waals surface area contributed by atoms with E-state index in [2.05, 4.69) is 17.0 Å². The lowest BCUT2D eigenvalue weighted by molar-refractivity contribution is 0.138. The van der Waals surface area contributed by atoms with Crippen LogP contribution in [0.5, 0.6) is 0 Å². The predicted octanol–water partition coefficient (Wildman–Crippen LogP) is 2.55. The molecule has 0 bridgehead atoms. The molecule has 1 aromatic rings. The molecule has 0 aromatic heterocycles. The summed E-state index contributed by atoms with van der Waals surface area (Å²) < 4.78 is 4.63. The summed E-state index contributed by atoms with van der Waals surface area (Å²) in [6.45, 7) is 3.88. The van der Waals surface area contributed by atoms with Crippen molar-refractivity contribution in [3.8, 4) is 0 Å². The maximum Gasteiger partial charge on any atom is 0.414 e. The number of nitrogens with zero attached hydrogens (tertiary/aromatic N) is 1. The molecule has 1 aromatic carbocycles. The molecular formula is C12H13NO2. The van der Waals surface area contributed by atoms with Gasteiger partial charge in [-0.2, -0.15) is 0 Å².